The highest BCUT2D eigenvalue weighted by Gasteiger charge is 2.47. The Balaban J connectivity index is 2.69. The molecule has 1 aliphatic rings. The molecule has 1 saturated heterocycles. The van der Waals surface area contributed by atoms with Crippen LogP contribution in [0.3, 0.4) is 0 Å². The smallest absolute Gasteiger partial charge is 0.306 e. The van der Waals surface area contributed by atoms with E-state index < -0.39 is 12.3 Å². The zero-order valence-corrected chi connectivity index (χ0v) is 13.9. The summed E-state index contributed by atoms with van der Waals surface area (Å²) in [7, 11) is 3.15. The van der Waals surface area contributed by atoms with Gasteiger partial charge in [0.25, 0.3) is 0 Å². The number of carbonyl (C=O) groups is 1. The zero-order chi connectivity index (χ0) is 16.0. The topological polar surface area (TPSA) is 66.0 Å². The second kappa shape index (κ2) is 8.68. The Kier molecular flexibility index (Phi) is 7.59. The minimum absolute atomic E-state index is 0.00178. The Morgan fingerprint density at radius 3 is 2.10 bits per heavy atom. The third kappa shape index (κ3) is 5.54. The van der Waals surface area contributed by atoms with Crippen molar-refractivity contribution in [1.29, 1.82) is 0 Å². The van der Waals surface area contributed by atoms with Gasteiger partial charge in [-0.3, -0.25) is 10.1 Å². The lowest BCUT2D eigenvalue weighted by Gasteiger charge is -2.26. The average Bonchev–Trinajstić information content (AvgIpc) is 2.73. The van der Waals surface area contributed by atoms with Crippen molar-refractivity contribution in [3.8, 4) is 0 Å². The second-order valence-corrected chi connectivity index (χ2v) is 6.02. The van der Waals surface area contributed by atoms with Gasteiger partial charge in [0.1, 0.15) is 18.6 Å². The third-order valence-corrected chi connectivity index (χ3v) is 3.38. The van der Waals surface area contributed by atoms with E-state index in [0.717, 1.165) is 6.42 Å². The fraction of sp³-hybridized carbons (Fsp3) is 0.933. The minimum atomic E-state index is -0.512. The van der Waals surface area contributed by atoms with Gasteiger partial charge in [-0.15, -0.1) is 0 Å². The Hall–Kier alpha value is -0.690. The lowest BCUT2D eigenvalue weighted by molar-refractivity contribution is -0.170. The van der Waals surface area contributed by atoms with Crippen LogP contribution in [-0.2, 0) is 23.7 Å². The molecular weight excluding hydrogens is 274 g/mol. The van der Waals surface area contributed by atoms with Gasteiger partial charge in [-0.1, -0.05) is 13.8 Å². The van der Waals surface area contributed by atoms with Crippen LogP contribution >= 0.6 is 0 Å². The van der Waals surface area contributed by atoms with Crippen molar-refractivity contribution in [3.05, 3.63) is 0 Å². The van der Waals surface area contributed by atoms with Crippen LogP contribution in [0.2, 0.25) is 0 Å². The molecule has 0 amide bonds. The van der Waals surface area contributed by atoms with Gasteiger partial charge in [0.15, 0.2) is 6.10 Å². The van der Waals surface area contributed by atoms with Crippen LogP contribution in [0.25, 0.3) is 0 Å². The second-order valence-electron chi connectivity index (χ2n) is 6.02. The van der Waals surface area contributed by atoms with E-state index >= 15 is 0 Å². The first-order valence-electron chi connectivity index (χ1n) is 7.55. The van der Waals surface area contributed by atoms with Gasteiger partial charge < -0.3 is 18.9 Å². The molecule has 1 heterocycles. The minimum Gasteiger partial charge on any atom is -0.455 e. The summed E-state index contributed by atoms with van der Waals surface area (Å²) >= 11 is 0. The van der Waals surface area contributed by atoms with Crippen LogP contribution in [0.15, 0.2) is 0 Å². The Bertz CT molecular complexity index is 321. The molecule has 0 aliphatic carbocycles. The molecule has 1 unspecified atom stereocenters. The summed E-state index contributed by atoms with van der Waals surface area (Å²) in [5.74, 6) is 0.235. The Labute approximate surface area is 127 Å². The van der Waals surface area contributed by atoms with E-state index in [9.17, 15) is 4.79 Å². The summed E-state index contributed by atoms with van der Waals surface area (Å²) in [6.07, 6.45) is -0.481. The van der Waals surface area contributed by atoms with E-state index in [-0.39, 0.29) is 24.4 Å². The number of nitrogens with one attached hydrogen (secondary N) is 1. The van der Waals surface area contributed by atoms with Crippen LogP contribution in [0, 0.1) is 5.92 Å². The van der Waals surface area contributed by atoms with Gasteiger partial charge in [0.05, 0.1) is 6.10 Å². The van der Waals surface area contributed by atoms with Crippen LogP contribution in [0.1, 0.15) is 40.5 Å². The molecule has 0 aromatic heterocycles. The van der Waals surface area contributed by atoms with Crippen LogP contribution < -0.4 is 5.32 Å². The monoisotopic (exact) mass is 303 g/mol. The Morgan fingerprint density at radius 2 is 1.62 bits per heavy atom. The molecule has 0 bridgehead atoms. The van der Waals surface area contributed by atoms with Gasteiger partial charge in [0.2, 0.25) is 0 Å². The highest BCUT2D eigenvalue weighted by atomic mass is 16.6. The molecule has 0 radical (unpaired) electrons. The summed E-state index contributed by atoms with van der Waals surface area (Å²) in [5, 5.41) is 3.12. The molecule has 6 heteroatoms. The highest BCUT2D eigenvalue weighted by molar-refractivity contribution is 5.69. The van der Waals surface area contributed by atoms with Crippen molar-refractivity contribution < 1.29 is 23.7 Å². The van der Waals surface area contributed by atoms with E-state index in [1.54, 1.807) is 14.2 Å². The highest BCUT2D eigenvalue weighted by Crippen LogP contribution is 2.24. The zero-order valence-electron chi connectivity index (χ0n) is 13.9. The summed E-state index contributed by atoms with van der Waals surface area (Å²) < 4.78 is 22.1. The molecule has 1 rings (SSSR count). The predicted molar refractivity (Wildman–Crippen MR) is 78.7 cm³/mol. The van der Waals surface area contributed by atoms with Gasteiger partial charge in [0, 0.05) is 20.6 Å². The molecule has 1 N–H and O–H groups in total. The fourth-order valence-corrected chi connectivity index (χ4v) is 2.31. The molecule has 21 heavy (non-hydrogen) atoms. The van der Waals surface area contributed by atoms with Gasteiger partial charge in [-0.25, -0.2) is 0 Å². The first-order chi connectivity index (χ1) is 9.88. The normalized spacial score (nSPS) is 29.3. The number of hydrogen-bond acceptors (Lipinski definition) is 6. The van der Waals surface area contributed by atoms with Gasteiger partial charge in [-0.05, 0) is 26.2 Å². The van der Waals surface area contributed by atoms with E-state index in [0.29, 0.717) is 12.3 Å². The molecule has 124 valence electrons. The van der Waals surface area contributed by atoms with Gasteiger partial charge in [-0.2, -0.15) is 0 Å². The summed E-state index contributed by atoms with van der Waals surface area (Å²) in [6, 6.07) is 0. The number of hydrogen-bond donors (Lipinski definition) is 1. The SMILES string of the molecule is CO[C@H]1N[C@@H](OC)[C@H](OC(C)C)C1OC(=O)CCC(C)C. The molecule has 6 nitrogen and oxygen atoms in total. The molecule has 4 atom stereocenters. The summed E-state index contributed by atoms with van der Waals surface area (Å²) in [4.78, 5) is 12.0. The number of ether oxygens (including phenoxy) is 4. The number of methoxy groups -OCH3 is 2. The maximum Gasteiger partial charge on any atom is 0.306 e. The molecule has 0 aromatic carbocycles. The van der Waals surface area contributed by atoms with E-state index in [1.165, 1.54) is 0 Å². The maximum absolute atomic E-state index is 12.0. The largest absolute Gasteiger partial charge is 0.455 e. The molecule has 1 aliphatic heterocycles. The molecular formula is C15H29NO5. The van der Waals surface area contributed by atoms with Crippen LogP contribution in [-0.4, -0.2) is 51.0 Å². The van der Waals surface area contributed by atoms with Crippen molar-refractivity contribution in [3.63, 3.8) is 0 Å². The summed E-state index contributed by atoms with van der Waals surface area (Å²) in [6.45, 7) is 8.02. The van der Waals surface area contributed by atoms with Crippen molar-refractivity contribution in [2.24, 2.45) is 5.92 Å². The lowest BCUT2D eigenvalue weighted by Crippen LogP contribution is -2.41. The van der Waals surface area contributed by atoms with Crippen molar-refractivity contribution in [2.75, 3.05) is 14.2 Å². The fourth-order valence-electron chi connectivity index (χ4n) is 2.31. The molecule has 1 fully saturated rings. The maximum atomic E-state index is 12.0. The predicted octanol–water partition coefficient (Wildman–Crippen LogP) is 1.68. The van der Waals surface area contributed by atoms with Gasteiger partial charge >= 0.3 is 5.97 Å². The number of esters is 1. The number of carbonyl (C=O) groups excluding carboxylic acids is 1. The first-order valence-corrected chi connectivity index (χ1v) is 7.55. The third-order valence-electron chi connectivity index (χ3n) is 3.38. The molecule has 0 saturated carbocycles. The lowest BCUT2D eigenvalue weighted by atomic mass is 10.1. The van der Waals surface area contributed by atoms with E-state index in [1.807, 2.05) is 13.8 Å². The quantitative estimate of drug-likeness (QED) is 0.688. The summed E-state index contributed by atoms with van der Waals surface area (Å²) in [5.41, 5.74) is 0. The van der Waals surface area contributed by atoms with E-state index in [2.05, 4.69) is 19.2 Å². The van der Waals surface area contributed by atoms with E-state index in [4.69, 9.17) is 18.9 Å². The number of rotatable bonds is 8. The van der Waals surface area contributed by atoms with Crippen LogP contribution in [0.5, 0.6) is 0 Å². The molecule has 0 aromatic rings. The standard InChI is InChI=1S/C15H29NO5/c1-9(2)7-8-11(17)21-13-12(20-10(3)4)14(18-5)16-15(13)19-6/h9-10,12-16H,7-8H2,1-6H3/t12-,13?,14+,15-/m1/s1. The Morgan fingerprint density at radius 1 is 1.05 bits per heavy atom. The van der Waals surface area contributed by atoms with Crippen LogP contribution in [0.4, 0.5) is 0 Å². The molecule has 0 spiro atoms. The van der Waals surface area contributed by atoms with Crippen molar-refractivity contribution in [1.82, 2.24) is 5.32 Å². The first kappa shape index (κ1) is 18.4. The van der Waals surface area contributed by atoms with Crippen molar-refractivity contribution in [2.45, 2.75) is 71.3 Å². The average molecular weight is 303 g/mol. The van der Waals surface area contributed by atoms with Crippen molar-refractivity contribution >= 4 is 5.97 Å².